The number of thiocarbonyl (C=S) groups is 1. The van der Waals surface area contributed by atoms with E-state index in [0.717, 1.165) is 13.1 Å². The first-order valence-electron chi connectivity index (χ1n) is 3.43. The van der Waals surface area contributed by atoms with E-state index in [1.807, 2.05) is 19.1 Å². The van der Waals surface area contributed by atoms with Crippen LogP contribution in [0.15, 0.2) is 0 Å². The van der Waals surface area contributed by atoms with Gasteiger partial charge in [0.15, 0.2) is 5.11 Å². The van der Waals surface area contributed by atoms with Crippen LogP contribution in [0.1, 0.15) is 0 Å². The molecule has 0 aliphatic carbocycles. The summed E-state index contributed by atoms with van der Waals surface area (Å²) in [5, 5.41) is 2.53. The number of nitrogens with zero attached hydrogens (tertiary/aromatic N) is 2. The molecule has 1 heterocycles. The maximum absolute atomic E-state index is 4.96. The Balaban J connectivity index is 2.20. The van der Waals surface area contributed by atoms with Crippen LogP contribution in [0.5, 0.6) is 0 Å². The van der Waals surface area contributed by atoms with Gasteiger partial charge < -0.3 is 4.90 Å². The van der Waals surface area contributed by atoms with E-state index in [0.29, 0.717) is 5.11 Å². The van der Waals surface area contributed by atoms with Gasteiger partial charge in [0.1, 0.15) is 0 Å². The number of likely N-dealkylation sites (N-methyl/N-ethyl adjacent to an activating group) is 1. The van der Waals surface area contributed by atoms with Gasteiger partial charge in [-0.1, -0.05) is 0 Å². The highest BCUT2D eigenvalue weighted by Crippen LogP contribution is 1.87. The minimum Gasteiger partial charge on any atom is -0.308 e. The van der Waals surface area contributed by atoms with Gasteiger partial charge in [0.2, 0.25) is 0 Å². The Morgan fingerprint density at radius 1 is 1.55 bits per heavy atom. The topological polar surface area (TPSA) is 42.6 Å². The molecule has 0 amide bonds. The van der Waals surface area contributed by atoms with E-state index in [2.05, 4.69) is 21.4 Å². The van der Waals surface area contributed by atoms with Gasteiger partial charge in [-0.2, -0.15) is 5.53 Å². The highest BCUT2D eigenvalue weighted by Gasteiger charge is 2.13. The molecule has 0 aromatic rings. The fourth-order valence-corrected chi connectivity index (χ4v) is 0.913. The summed E-state index contributed by atoms with van der Waals surface area (Å²) < 4.78 is 0. The third kappa shape index (κ3) is 2.58. The SMILES string of the molecule is CN(C)CCN1NNNC1=S. The van der Waals surface area contributed by atoms with Gasteiger partial charge in [0.05, 0.1) is 6.54 Å². The zero-order valence-corrected chi connectivity index (χ0v) is 7.53. The van der Waals surface area contributed by atoms with Crippen LogP contribution in [0, 0.1) is 0 Å². The Hall–Kier alpha value is -0.430. The minimum atomic E-state index is 0.687. The van der Waals surface area contributed by atoms with E-state index < -0.39 is 0 Å². The number of hydrazine groups is 3. The standard InChI is InChI=1S/C5H13N5S/c1-9(2)3-4-10-5(11)6-7-8-10/h7-8H,3-4H2,1-2H3,(H,6,11). The van der Waals surface area contributed by atoms with E-state index in [1.165, 1.54) is 0 Å². The number of nitrogens with one attached hydrogen (secondary N) is 3. The second kappa shape index (κ2) is 3.82. The maximum Gasteiger partial charge on any atom is 0.200 e. The van der Waals surface area contributed by atoms with Crippen molar-refractivity contribution < 1.29 is 0 Å². The van der Waals surface area contributed by atoms with Gasteiger partial charge in [0, 0.05) is 6.54 Å². The van der Waals surface area contributed by atoms with Crippen molar-refractivity contribution in [2.24, 2.45) is 0 Å². The number of hydrogen-bond acceptors (Lipinski definition) is 4. The lowest BCUT2D eigenvalue weighted by Crippen LogP contribution is -2.41. The molecule has 0 aromatic carbocycles. The summed E-state index contributed by atoms with van der Waals surface area (Å²) in [6.45, 7) is 1.84. The molecule has 1 saturated heterocycles. The Kier molecular flexibility index (Phi) is 3.01. The molecule has 6 heteroatoms. The predicted molar refractivity (Wildman–Crippen MR) is 47.3 cm³/mol. The molecule has 0 radical (unpaired) electrons. The zero-order valence-electron chi connectivity index (χ0n) is 6.72. The summed E-state index contributed by atoms with van der Waals surface area (Å²) in [5.41, 5.74) is 8.35. The molecule has 64 valence electrons. The van der Waals surface area contributed by atoms with Crippen LogP contribution in [-0.4, -0.2) is 42.2 Å². The molecule has 0 saturated carbocycles. The highest BCUT2D eigenvalue weighted by molar-refractivity contribution is 7.80. The van der Waals surface area contributed by atoms with Gasteiger partial charge in [-0.15, -0.1) is 5.53 Å². The van der Waals surface area contributed by atoms with Crippen molar-refractivity contribution >= 4 is 17.3 Å². The van der Waals surface area contributed by atoms with Crippen LogP contribution in [0.2, 0.25) is 0 Å². The normalized spacial score (nSPS) is 17.7. The summed E-state index contributed by atoms with van der Waals surface area (Å²) in [7, 11) is 4.06. The summed E-state index contributed by atoms with van der Waals surface area (Å²) in [6.07, 6.45) is 0. The fourth-order valence-electron chi connectivity index (χ4n) is 0.725. The van der Waals surface area contributed by atoms with Crippen molar-refractivity contribution in [1.29, 1.82) is 0 Å². The smallest absolute Gasteiger partial charge is 0.200 e. The average molecular weight is 175 g/mol. The largest absolute Gasteiger partial charge is 0.308 e. The predicted octanol–water partition coefficient (Wildman–Crippen LogP) is -1.34. The molecule has 1 aliphatic rings. The van der Waals surface area contributed by atoms with E-state index >= 15 is 0 Å². The molecule has 0 atom stereocenters. The molecule has 1 rings (SSSR count). The van der Waals surface area contributed by atoms with Crippen molar-refractivity contribution in [3.8, 4) is 0 Å². The van der Waals surface area contributed by atoms with Crippen molar-refractivity contribution in [1.82, 2.24) is 26.4 Å². The average Bonchev–Trinajstić information content (AvgIpc) is 2.31. The van der Waals surface area contributed by atoms with Gasteiger partial charge in [-0.25, -0.2) is 0 Å². The van der Waals surface area contributed by atoms with Crippen LogP contribution in [0.4, 0.5) is 0 Å². The van der Waals surface area contributed by atoms with Gasteiger partial charge >= 0.3 is 0 Å². The van der Waals surface area contributed by atoms with Crippen molar-refractivity contribution in [2.45, 2.75) is 0 Å². The summed E-state index contributed by atoms with van der Waals surface area (Å²) in [4.78, 5) is 2.10. The first-order chi connectivity index (χ1) is 5.20. The van der Waals surface area contributed by atoms with Crippen LogP contribution >= 0.6 is 12.2 Å². The number of hydrogen-bond donors (Lipinski definition) is 3. The molecule has 0 bridgehead atoms. The lowest BCUT2D eigenvalue weighted by Gasteiger charge is -2.17. The molecule has 0 spiro atoms. The van der Waals surface area contributed by atoms with Crippen LogP contribution in [-0.2, 0) is 0 Å². The molecule has 0 aromatic heterocycles. The van der Waals surface area contributed by atoms with E-state index in [1.54, 1.807) is 0 Å². The zero-order chi connectivity index (χ0) is 8.27. The maximum atomic E-state index is 4.96. The quantitative estimate of drug-likeness (QED) is 0.462. The lowest BCUT2D eigenvalue weighted by atomic mass is 10.6. The van der Waals surface area contributed by atoms with Gasteiger partial charge in [0.25, 0.3) is 0 Å². The third-order valence-corrected chi connectivity index (χ3v) is 1.70. The summed E-state index contributed by atoms with van der Waals surface area (Å²) in [5.74, 6) is 0. The Labute approximate surface area is 71.6 Å². The minimum absolute atomic E-state index is 0.687. The second-order valence-electron chi connectivity index (χ2n) is 2.62. The highest BCUT2D eigenvalue weighted by atomic mass is 32.1. The Bertz CT molecular complexity index is 148. The monoisotopic (exact) mass is 175 g/mol. The van der Waals surface area contributed by atoms with Gasteiger partial charge in [-0.3, -0.25) is 10.4 Å². The first kappa shape index (κ1) is 8.66. The lowest BCUT2D eigenvalue weighted by molar-refractivity contribution is 0.267. The fraction of sp³-hybridized carbons (Fsp3) is 0.800. The van der Waals surface area contributed by atoms with Crippen molar-refractivity contribution in [2.75, 3.05) is 27.2 Å². The third-order valence-electron chi connectivity index (χ3n) is 1.38. The molecular weight excluding hydrogens is 162 g/mol. The van der Waals surface area contributed by atoms with E-state index in [-0.39, 0.29) is 0 Å². The number of rotatable bonds is 3. The molecule has 0 unspecified atom stereocenters. The summed E-state index contributed by atoms with van der Waals surface area (Å²) >= 11 is 4.96. The van der Waals surface area contributed by atoms with Crippen molar-refractivity contribution in [3.63, 3.8) is 0 Å². The van der Waals surface area contributed by atoms with E-state index in [9.17, 15) is 0 Å². The molecule has 1 aliphatic heterocycles. The molecule has 3 N–H and O–H groups in total. The molecule has 5 nitrogen and oxygen atoms in total. The Morgan fingerprint density at radius 2 is 2.27 bits per heavy atom. The molecule has 1 fully saturated rings. The van der Waals surface area contributed by atoms with Gasteiger partial charge in [-0.05, 0) is 26.3 Å². The molecular formula is C5H13N5S. The van der Waals surface area contributed by atoms with Crippen LogP contribution in [0.25, 0.3) is 0 Å². The van der Waals surface area contributed by atoms with Crippen molar-refractivity contribution in [3.05, 3.63) is 0 Å². The molecule has 11 heavy (non-hydrogen) atoms. The first-order valence-corrected chi connectivity index (χ1v) is 3.84. The van der Waals surface area contributed by atoms with Crippen LogP contribution < -0.4 is 16.5 Å². The summed E-state index contributed by atoms with van der Waals surface area (Å²) in [6, 6.07) is 0. The Morgan fingerprint density at radius 3 is 2.73 bits per heavy atom. The van der Waals surface area contributed by atoms with E-state index in [4.69, 9.17) is 12.2 Å². The second-order valence-corrected chi connectivity index (χ2v) is 3.01. The van der Waals surface area contributed by atoms with Crippen LogP contribution in [0.3, 0.4) is 0 Å².